The van der Waals surface area contributed by atoms with Gasteiger partial charge in [-0.15, -0.1) is 0 Å². The number of carboxylic acid groups (broad SMARTS) is 1. The summed E-state index contributed by atoms with van der Waals surface area (Å²) in [7, 11) is 0. The Balaban J connectivity index is 1.94. The Kier molecular flexibility index (Phi) is 10.1. The number of hydrogen-bond donors (Lipinski definition) is 4. The van der Waals surface area contributed by atoms with Crippen molar-refractivity contribution in [2.75, 3.05) is 0 Å². The number of carboxylic acids is 1. The minimum atomic E-state index is -1.33. The molecular weight excluding hydrogens is 456 g/mol. The molecule has 0 saturated carbocycles. The van der Waals surface area contributed by atoms with Gasteiger partial charge in [-0.2, -0.15) is 0 Å². The van der Waals surface area contributed by atoms with Crippen LogP contribution in [-0.4, -0.2) is 58.6 Å². The zero-order valence-electron chi connectivity index (χ0n) is 19.8. The first-order chi connectivity index (χ1) is 16.6. The lowest BCUT2D eigenvalue weighted by atomic mass is 10.0. The molecule has 0 radical (unpaired) electrons. The molecule has 1 aliphatic heterocycles. The van der Waals surface area contributed by atoms with Crippen LogP contribution < -0.4 is 16.0 Å². The zero-order valence-corrected chi connectivity index (χ0v) is 19.8. The number of amides is 3. The highest BCUT2D eigenvalue weighted by molar-refractivity contribution is 6.43. The average Bonchev–Trinajstić information content (AvgIpc) is 3.35. The highest BCUT2D eigenvalue weighted by Crippen LogP contribution is 2.08. The van der Waals surface area contributed by atoms with E-state index in [2.05, 4.69) is 20.9 Å². The summed E-state index contributed by atoms with van der Waals surface area (Å²) < 4.78 is 5.16. The van der Waals surface area contributed by atoms with Gasteiger partial charge in [-0.05, 0) is 18.4 Å². The van der Waals surface area contributed by atoms with Crippen LogP contribution in [0.15, 0.2) is 47.6 Å². The molecule has 11 heteroatoms. The number of ether oxygens (including phenoxy) is 1. The van der Waals surface area contributed by atoms with E-state index in [1.807, 2.05) is 6.07 Å². The minimum absolute atomic E-state index is 0.0255. The van der Waals surface area contributed by atoms with Gasteiger partial charge in [0.1, 0.15) is 24.7 Å². The van der Waals surface area contributed by atoms with E-state index in [1.54, 1.807) is 44.2 Å². The van der Waals surface area contributed by atoms with Crippen molar-refractivity contribution < 1.29 is 33.8 Å². The summed E-state index contributed by atoms with van der Waals surface area (Å²) >= 11 is 0. The van der Waals surface area contributed by atoms with Crippen molar-refractivity contribution in [1.29, 1.82) is 0 Å². The van der Waals surface area contributed by atoms with E-state index in [4.69, 9.17) is 9.84 Å². The molecule has 11 nitrogen and oxygen atoms in total. The number of carbonyl (C=O) groups excluding carboxylic acids is 4. The lowest BCUT2D eigenvalue weighted by Gasteiger charge is -2.24. The standard InChI is InChI=1S/C24H30N4O7/c1-14(2)20(28-24(34)35-13-16-8-5-4-6-9-16)23(33)26-15(3)22(32)27-18(12-19(29)30)21(31)17-10-7-11-25-17/h4-9,11,14-15,18,20H,10,12-13H2,1-3H3,(H,26,33)(H,27,32)(H,28,34)(H,29,30)/t15-,18-,20-/m0/s1. The van der Waals surface area contributed by atoms with Crippen LogP contribution >= 0.6 is 0 Å². The number of aliphatic imine (C=N–C) groups is 1. The molecule has 0 spiro atoms. The van der Waals surface area contributed by atoms with E-state index in [-0.39, 0.29) is 24.7 Å². The van der Waals surface area contributed by atoms with Gasteiger partial charge in [-0.1, -0.05) is 50.3 Å². The van der Waals surface area contributed by atoms with Crippen LogP contribution in [0.2, 0.25) is 0 Å². The smallest absolute Gasteiger partial charge is 0.408 e. The topological polar surface area (TPSA) is 163 Å². The van der Waals surface area contributed by atoms with Crippen molar-refractivity contribution in [2.45, 2.75) is 58.3 Å². The normalized spacial score (nSPS) is 14.9. The van der Waals surface area contributed by atoms with Crippen molar-refractivity contribution in [3.05, 3.63) is 48.2 Å². The van der Waals surface area contributed by atoms with E-state index in [0.717, 1.165) is 5.56 Å². The maximum atomic E-state index is 12.8. The molecule has 1 aromatic rings. The van der Waals surface area contributed by atoms with Crippen LogP contribution in [0.25, 0.3) is 0 Å². The molecule has 3 amide bonds. The van der Waals surface area contributed by atoms with Crippen LogP contribution in [-0.2, 0) is 30.5 Å². The van der Waals surface area contributed by atoms with Crippen LogP contribution in [0.1, 0.15) is 39.2 Å². The Morgan fingerprint density at radius 2 is 1.69 bits per heavy atom. The Labute approximate surface area is 203 Å². The molecule has 4 N–H and O–H groups in total. The number of rotatable bonds is 12. The average molecular weight is 487 g/mol. The van der Waals surface area contributed by atoms with Crippen LogP contribution in [0.5, 0.6) is 0 Å². The predicted octanol–water partition coefficient (Wildman–Crippen LogP) is 1.33. The Bertz CT molecular complexity index is 1000. The fourth-order valence-corrected chi connectivity index (χ4v) is 3.20. The molecule has 0 aromatic heterocycles. The summed E-state index contributed by atoms with van der Waals surface area (Å²) in [4.78, 5) is 65.2. The SMILES string of the molecule is CC(C)[C@H](NC(=O)OCc1ccccc1)C(=O)N[C@@H](C)C(=O)N[C@@H](CC(=O)O)C(=O)C1=NC=CC1. The van der Waals surface area contributed by atoms with Crippen molar-refractivity contribution in [2.24, 2.45) is 10.9 Å². The molecule has 35 heavy (non-hydrogen) atoms. The van der Waals surface area contributed by atoms with Gasteiger partial charge in [0.15, 0.2) is 5.78 Å². The monoisotopic (exact) mass is 486 g/mol. The third kappa shape index (κ3) is 8.69. The second-order valence-corrected chi connectivity index (χ2v) is 8.35. The number of nitrogens with zero attached hydrogens (tertiary/aromatic N) is 1. The minimum Gasteiger partial charge on any atom is -0.481 e. The van der Waals surface area contributed by atoms with E-state index in [9.17, 15) is 24.0 Å². The molecule has 1 aromatic carbocycles. The largest absolute Gasteiger partial charge is 0.481 e. The summed E-state index contributed by atoms with van der Waals surface area (Å²) in [6.07, 6.45) is 1.89. The second-order valence-electron chi connectivity index (χ2n) is 8.35. The summed E-state index contributed by atoms with van der Waals surface area (Å²) in [6.45, 7) is 4.84. The Hall–Kier alpha value is -4.02. The van der Waals surface area contributed by atoms with Gasteiger partial charge >= 0.3 is 12.1 Å². The fraction of sp³-hybridized carbons (Fsp3) is 0.417. The summed E-state index contributed by atoms with van der Waals surface area (Å²) in [5.41, 5.74) is 0.926. The molecule has 1 aliphatic rings. The highest BCUT2D eigenvalue weighted by Gasteiger charge is 2.31. The lowest BCUT2D eigenvalue weighted by molar-refractivity contribution is -0.139. The van der Waals surface area contributed by atoms with Crippen LogP contribution in [0.3, 0.4) is 0 Å². The van der Waals surface area contributed by atoms with Crippen molar-refractivity contribution in [3.63, 3.8) is 0 Å². The number of allylic oxidation sites excluding steroid dienone is 1. The van der Waals surface area contributed by atoms with E-state index >= 15 is 0 Å². The molecule has 188 valence electrons. The van der Waals surface area contributed by atoms with Gasteiger partial charge in [0, 0.05) is 12.6 Å². The number of hydrogen-bond acceptors (Lipinski definition) is 7. The molecule has 2 rings (SSSR count). The van der Waals surface area contributed by atoms with Gasteiger partial charge < -0.3 is 25.8 Å². The molecule has 0 aliphatic carbocycles. The first-order valence-electron chi connectivity index (χ1n) is 11.1. The van der Waals surface area contributed by atoms with Crippen LogP contribution in [0, 0.1) is 5.92 Å². The van der Waals surface area contributed by atoms with Crippen molar-refractivity contribution in [1.82, 2.24) is 16.0 Å². The fourth-order valence-electron chi connectivity index (χ4n) is 3.20. The van der Waals surface area contributed by atoms with Crippen molar-refractivity contribution in [3.8, 4) is 0 Å². The summed E-state index contributed by atoms with van der Waals surface area (Å²) in [5.74, 6) is -3.59. The van der Waals surface area contributed by atoms with Gasteiger partial charge in [-0.25, -0.2) is 4.79 Å². The maximum Gasteiger partial charge on any atom is 0.408 e. The third-order valence-electron chi connectivity index (χ3n) is 5.13. The number of nitrogens with one attached hydrogen (secondary N) is 3. The van der Waals surface area contributed by atoms with Gasteiger partial charge in [-0.3, -0.25) is 24.2 Å². The van der Waals surface area contributed by atoms with Gasteiger partial charge in [0.2, 0.25) is 11.8 Å². The number of aliphatic carboxylic acids is 1. The molecule has 0 bridgehead atoms. The number of alkyl carbamates (subject to hydrolysis) is 1. The number of carbonyl (C=O) groups is 5. The predicted molar refractivity (Wildman–Crippen MR) is 126 cm³/mol. The van der Waals surface area contributed by atoms with Crippen LogP contribution in [0.4, 0.5) is 4.79 Å². The van der Waals surface area contributed by atoms with Gasteiger partial charge in [0.25, 0.3) is 0 Å². The quantitative estimate of drug-likeness (QED) is 0.346. The van der Waals surface area contributed by atoms with E-state index in [0.29, 0.717) is 0 Å². The summed E-state index contributed by atoms with van der Waals surface area (Å²) in [6, 6.07) is 5.59. The Morgan fingerprint density at radius 3 is 2.26 bits per heavy atom. The zero-order chi connectivity index (χ0) is 26.0. The highest BCUT2D eigenvalue weighted by atomic mass is 16.5. The molecule has 0 saturated heterocycles. The number of Topliss-reactive ketones (excluding diaryl/α,β-unsaturated/α-hetero) is 1. The Morgan fingerprint density at radius 1 is 1.00 bits per heavy atom. The van der Waals surface area contributed by atoms with Crippen molar-refractivity contribution >= 4 is 35.4 Å². The van der Waals surface area contributed by atoms with E-state index in [1.165, 1.54) is 13.1 Å². The molecular formula is C24H30N4O7. The van der Waals surface area contributed by atoms with Gasteiger partial charge in [0.05, 0.1) is 12.1 Å². The molecule has 1 heterocycles. The lowest BCUT2D eigenvalue weighted by Crippen LogP contribution is -2.56. The second kappa shape index (κ2) is 13.0. The maximum absolute atomic E-state index is 12.8. The first-order valence-corrected chi connectivity index (χ1v) is 11.1. The number of benzene rings is 1. The molecule has 0 fully saturated rings. The third-order valence-corrected chi connectivity index (χ3v) is 5.13. The van der Waals surface area contributed by atoms with E-state index < -0.39 is 54.2 Å². The molecule has 3 atom stereocenters. The summed E-state index contributed by atoms with van der Waals surface area (Å²) in [5, 5.41) is 16.5. The molecule has 0 unspecified atom stereocenters. The number of ketones is 1. The first kappa shape index (κ1) is 27.2.